The molecule has 0 aromatic heterocycles. The first-order valence-electron chi connectivity index (χ1n) is 5.41. The zero-order valence-electron chi connectivity index (χ0n) is 10.2. The Bertz CT molecular complexity index is 616. The number of terminal acetylenes is 1. The van der Waals surface area contributed by atoms with Gasteiger partial charge in [-0.25, -0.2) is 9.59 Å². The zero-order chi connectivity index (χ0) is 15.1. The van der Waals surface area contributed by atoms with Crippen LogP contribution in [0.25, 0.3) is 0 Å². The van der Waals surface area contributed by atoms with E-state index in [1.165, 1.54) is 18.2 Å². The summed E-state index contributed by atoms with van der Waals surface area (Å²) in [6.45, 7) is 0. The molecule has 102 valence electrons. The lowest BCUT2D eigenvalue weighted by Gasteiger charge is -2.13. The molecule has 20 heavy (non-hydrogen) atoms. The van der Waals surface area contributed by atoms with Crippen LogP contribution < -0.4 is 10.6 Å². The molecule has 0 spiro atoms. The van der Waals surface area contributed by atoms with Crippen molar-refractivity contribution in [3.63, 3.8) is 0 Å². The summed E-state index contributed by atoms with van der Waals surface area (Å²) in [5.74, 6) is 0.927. The number of anilines is 1. The fourth-order valence-electron chi connectivity index (χ4n) is 1.32. The first kappa shape index (κ1) is 15.4. The average molecular weight is 292 g/mol. The van der Waals surface area contributed by atoms with Crippen molar-refractivity contribution < 1.29 is 14.7 Å². The maximum Gasteiger partial charge on any atom is 0.327 e. The standard InChI is InChI=1S/C13H10ClN3O3/c1-2-3-11(12(18)19)17-13(20)16-10-5-4-8(7-15)6-9(10)14/h1,4-6,11H,3H2,(H,18,19)(H2,16,17,20). The van der Waals surface area contributed by atoms with Crippen molar-refractivity contribution in [3.05, 3.63) is 28.8 Å². The molecule has 0 aliphatic carbocycles. The van der Waals surface area contributed by atoms with Crippen LogP contribution in [0.1, 0.15) is 12.0 Å². The Balaban J connectivity index is 2.74. The second-order valence-electron chi connectivity index (χ2n) is 3.70. The fraction of sp³-hybridized carbons (Fsp3) is 0.154. The van der Waals surface area contributed by atoms with Gasteiger partial charge in [-0.1, -0.05) is 11.6 Å². The highest BCUT2D eigenvalue weighted by atomic mass is 35.5. The monoisotopic (exact) mass is 291 g/mol. The molecule has 1 aromatic rings. The fourth-order valence-corrected chi connectivity index (χ4v) is 1.55. The Hall–Kier alpha value is -2.70. The van der Waals surface area contributed by atoms with E-state index >= 15 is 0 Å². The van der Waals surface area contributed by atoms with E-state index in [-0.39, 0.29) is 17.1 Å². The zero-order valence-corrected chi connectivity index (χ0v) is 10.9. The van der Waals surface area contributed by atoms with Gasteiger partial charge in [0.05, 0.1) is 22.3 Å². The number of halogens is 1. The summed E-state index contributed by atoms with van der Waals surface area (Å²) in [5, 5.41) is 22.3. The van der Waals surface area contributed by atoms with Gasteiger partial charge in [-0.15, -0.1) is 12.3 Å². The van der Waals surface area contributed by atoms with E-state index < -0.39 is 18.0 Å². The molecular weight excluding hydrogens is 282 g/mol. The number of carboxylic acid groups (broad SMARTS) is 1. The summed E-state index contributed by atoms with van der Waals surface area (Å²) in [6, 6.07) is 4.26. The lowest BCUT2D eigenvalue weighted by molar-refractivity contribution is -0.139. The summed E-state index contributed by atoms with van der Waals surface area (Å²) in [7, 11) is 0. The minimum absolute atomic E-state index is 0.135. The van der Waals surface area contributed by atoms with E-state index in [0.29, 0.717) is 5.56 Å². The van der Waals surface area contributed by atoms with E-state index in [1.807, 2.05) is 6.07 Å². The molecule has 0 aliphatic rings. The maximum atomic E-state index is 11.6. The van der Waals surface area contributed by atoms with Crippen molar-refractivity contribution >= 4 is 29.3 Å². The number of nitrogens with one attached hydrogen (secondary N) is 2. The Kier molecular flexibility index (Phi) is 5.40. The van der Waals surface area contributed by atoms with E-state index in [1.54, 1.807) is 0 Å². The van der Waals surface area contributed by atoms with Gasteiger partial charge in [-0.3, -0.25) is 0 Å². The topological polar surface area (TPSA) is 102 Å². The molecule has 1 aromatic carbocycles. The molecular formula is C13H10ClN3O3. The van der Waals surface area contributed by atoms with Crippen molar-refractivity contribution in [2.75, 3.05) is 5.32 Å². The lowest BCUT2D eigenvalue weighted by atomic mass is 10.2. The summed E-state index contributed by atoms with van der Waals surface area (Å²) in [5.41, 5.74) is 0.602. The molecule has 6 nitrogen and oxygen atoms in total. The number of carboxylic acids is 1. The van der Waals surface area contributed by atoms with Crippen molar-refractivity contribution in [3.8, 4) is 18.4 Å². The number of amides is 2. The number of nitriles is 1. The largest absolute Gasteiger partial charge is 0.480 e. The third-order valence-electron chi connectivity index (χ3n) is 2.27. The van der Waals surface area contributed by atoms with E-state index in [4.69, 9.17) is 28.4 Å². The Morgan fingerprint density at radius 1 is 1.50 bits per heavy atom. The van der Waals surface area contributed by atoms with Gasteiger partial charge in [0.25, 0.3) is 0 Å². The van der Waals surface area contributed by atoms with E-state index in [2.05, 4.69) is 16.6 Å². The van der Waals surface area contributed by atoms with Gasteiger partial charge in [0.2, 0.25) is 0 Å². The van der Waals surface area contributed by atoms with Crippen LogP contribution in [0.4, 0.5) is 10.5 Å². The number of urea groups is 1. The van der Waals surface area contributed by atoms with Gasteiger partial charge in [-0.2, -0.15) is 5.26 Å². The van der Waals surface area contributed by atoms with Gasteiger partial charge >= 0.3 is 12.0 Å². The van der Waals surface area contributed by atoms with Crippen LogP contribution in [0, 0.1) is 23.7 Å². The Labute approximate surface area is 120 Å². The van der Waals surface area contributed by atoms with Crippen molar-refractivity contribution in [1.82, 2.24) is 5.32 Å². The molecule has 0 fully saturated rings. The molecule has 2 amide bonds. The van der Waals surface area contributed by atoms with Gasteiger partial charge in [-0.05, 0) is 18.2 Å². The number of carbonyl (C=O) groups is 2. The molecule has 1 rings (SSSR count). The van der Waals surface area contributed by atoms with Crippen LogP contribution in [0.5, 0.6) is 0 Å². The number of aliphatic carboxylic acids is 1. The predicted molar refractivity (Wildman–Crippen MR) is 73.2 cm³/mol. The SMILES string of the molecule is C#CCC(NC(=O)Nc1ccc(C#N)cc1Cl)C(=O)O. The molecule has 0 saturated heterocycles. The van der Waals surface area contributed by atoms with Gasteiger partial charge in [0, 0.05) is 6.42 Å². The number of rotatable bonds is 4. The lowest BCUT2D eigenvalue weighted by Crippen LogP contribution is -2.42. The normalized spacial score (nSPS) is 10.8. The Morgan fingerprint density at radius 2 is 2.20 bits per heavy atom. The third-order valence-corrected chi connectivity index (χ3v) is 2.58. The van der Waals surface area contributed by atoms with Crippen LogP contribution in [0.3, 0.4) is 0 Å². The van der Waals surface area contributed by atoms with E-state index in [9.17, 15) is 9.59 Å². The number of nitrogens with zero attached hydrogens (tertiary/aromatic N) is 1. The van der Waals surface area contributed by atoms with Gasteiger partial charge in [0.1, 0.15) is 6.04 Å². The molecule has 1 unspecified atom stereocenters. The highest BCUT2D eigenvalue weighted by Gasteiger charge is 2.19. The summed E-state index contributed by atoms with van der Waals surface area (Å²) < 4.78 is 0. The highest BCUT2D eigenvalue weighted by Crippen LogP contribution is 2.22. The molecule has 1 atom stereocenters. The predicted octanol–water partition coefficient (Wildman–Crippen LogP) is 1.81. The van der Waals surface area contributed by atoms with Crippen LogP contribution in [-0.4, -0.2) is 23.1 Å². The third kappa shape index (κ3) is 4.20. The average Bonchev–Trinajstić information content (AvgIpc) is 2.40. The molecule has 7 heteroatoms. The second-order valence-corrected chi connectivity index (χ2v) is 4.11. The van der Waals surface area contributed by atoms with Crippen molar-refractivity contribution in [2.45, 2.75) is 12.5 Å². The van der Waals surface area contributed by atoms with E-state index in [0.717, 1.165) is 0 Å². The first-order valence-corrected chi connectivity index (χ1v) is 5.79. The quantitative estimate of drug-likeness (QED) is 0.736. The molecule has 0 saturated carbocycles. The number of hydrogen-bond donors (Lipinski definition) is 3. The van der Waals surface area contributed by atoms with Crippen molar-refractivity contribution in [2.24, 2.45) is 0 Å². The van der Waals surface area contributed by atoms with Gasteiger partial charge < -0.3 is 15.7 Å². The molecule has 0 bridgehead atoms. The number of carbonyl (C=O) groups excluding carboxylic acids is 1. The molecule has 0 radical (unpaired) electrons. The molecule has 0 aliphatic heterocycles. The first-order chi connectivity index (χ1) is 9.47. The van der Waals surface area contributed by atoms with Crippen LogP contribution in [0.15, 0.2) is 18.2 Å². The minimum atomic E-state index is -1.23. The number of hydrogen-bond acceptors (Lipinski definition) is 3. The Morgan fingerprint density at radius 3 is 2.70 bits per heavy atom. The maximum absolute atomic E-state index is 11.6. The summed E-state index contributed by atoms with van der Waals surface area (Å²) >= 11 is 5.87. The minimum Gasteiger partial charge on any atom is -0.480 e. The van der Waals surface area contributed by atoms with Crippen molar-refractivity contribution in [1.29, 1.82) is 5.26 Å². The molecule has 3 N–H and O–H groups in total. The van der Waals surface area contributed by atoms with Crippen LogP contribution in [0.2, 0.25) is 5.02 Å². The summed E-state index contributed by atoms with van der Waals surface area (Å²) in [4.78, 5) is 22.5. The van der Waals surface area contributed by atoms with Gasteiger partial charge in [0.15, 0.2) is 0 Å². The van der Waals surface area contributed by atoms with Crippen LogP contribution in [-0.2, 0) is 4.79 Å². The highest BCUT2D eigenvalue weighted by molar-refractivity contribution is 6.33. The number of benzene rings is 1. The molecule has 0 heterocycles. The smallest absolute Gasteiger partial charge is 0.327 e. The summed E-state index contributed by atoms with van der Waals surface area (Å²) in [6.07, 6.45) is 4.88. The van der Waals surface area contributed by atoms with Crippen LogP contribution >= 0.6 is 11.6 Å². The second kappa shape index (κ2) is 7.03.